The maximum absolute atomic E-state index is 13.0. The molecule has 2 aliphatic rings. The fraction of sp³-hybridized carbons (Fsp3) is 0.320. The first kappa shape index (κ1) is 27.2. The summed E-state index contributed by atoms with van der Waals surface area (Å²) < 4.78 is 44.7. The molecule has 0 bridgehead atoms. The Morgan fingerprint density at radius 1 is 1.16 bits per heavy atom. The third-order valence-electron chi connectivity index (χ3n) is 6.21. The van der Waals surface area contributed by atoms with E-state index in [9.17, 15) is 37.7 Å². The van der Waals surface area contributed by atoms with E-state index in [1.54, 1.807) is 11.0 Å². The molecule has 0 saturated carbocycles. The van der Waals surface area contributed by atoms with Gasteiger partial charge in [-0.2, -0.15) is 13.2 Å². The Morgan fingerprint density at radius 2 is 1.84 bits per heavy atom. The molecular formula is C25H22F3N3O6S. The zero-order valence-electron chi connectivity index (χ0n) is 20.1. The van der Waals surface area contributed by atoms with E-state index in [0.29, 0.717) is 42.9 Å². The number of amides is 3. The van der Waals surface area contributed by atoms with Crippen molar-refractivity contribution in [2.45, 2.75) is 25.9 Å². The van der Waals surface area contributed by atoms with Gasteiger partial charge in [-0.05, 0) is 54.8 Å². The number of rotatable bonds is 6. The molecule has 2 aromatic carbocycles. The predicted octanol–water partition coefficient (Wildman–Crippen LogP) is 5.70. The van der Waals surface area contributed by atoms with Crippen LogP contribution < -0.4 is 4.74 Å². The second kappa shape index (κ2) is 10.9. The molecule has 2 fully saturated rings. The molecule has 4 rings (SSSR count). The molecule has 13 heteroatoms. The number of carbonyl (C=O) groups excluding carboxylic acids is 3. The summed E-state index contributed by atoms with van der Waals surface area (Å²) in [5.41, 5.74) is -1.84. The molecule has 2 heterocycles. The lowest BCUT2D eigenvalue weighted by molar-refractivity contribution is -0.385. The molecule has 2 saturated heterocycles. The van der Waals surface area contributed by atoms with E-state index in [1.807, 2.05) is 0 Å². The first-order valence-electron chi connectivity index (χ1n) is 11.6. The number of hydrogen-bond acceptors (Lipinski definition) is 7. The van der Waals surface area contributed by atoms with Crippen LogP contribution in [0.25, 0.3) is 6.08 Å². The first-order valence-corrected chi connectivity index (χ1v) is 12.4. The summed E-state index contributed by atoms with van der Waals surface area (Å²) >= 11 is 0.632. The van der Waals surface area contributed by atoms with E-state index >= 15 is 0 Å². The van der Waals surface area contributed by atoms with E-state index in [4.69, 9.17) is 4.74 Å². The highest BCUT2D eigenvalue weighted by Gasteiger charge is 2.38. The molecule has 0 N–H and O–H groups in total. The van der Waals surface area contributed by atoms with Crippen molar-refractivity contribution < 1.29 is 37.2 Å². The molecular weight excluding hydrogens is 527 g/mol. The van der Waals surface area contributed by atoms with Gasteiger partial charge in [-0.1, -0.05) is 25.1 Å². The van der Waals surface area contributed by atoms with Crippen molar-refractivity contribution in [2.24, 2.45) is 5.92 Å². The molecule has 0 atom stereocenters. The molecule has 0 aromatic heterocycles. The number of halogens is 3. The van der Waals surface area contributed by atoms with Gasteiger partial charge in [-0.15, -0.1) is 0 Å². The van der Waals surface area contributed by atoms with Gasteiger partial charge in [0.2, 0.25) is 11.7 Å². The molecule has 2 aliphatic heterocycles. The SMILES string of the molecule is CC1CCN(C(=O)CN2C(=O)S/C(=C/c3ccccc3Oc3ccc(C(F)(F)F)cc3[N+](=O)[O-])C2=O)CC1. The van der Waals surface area contributed by atoms with E-state index in [1.165, 1.54) is 24.3 Å². The van der Waals surface area contributed by atoms with Crippen molar-refractivity contribution in [3.05, 3.63) is 68.6 Å². The largest absolute Gasteiger partial charge is 0.449 e. The standard InChI is InChI=1S/C25H22F3N3O6S/c1-15-8-10-29(11-9-15)22(32)14-30-23(33)21(38-24(30)34)12-16-4-2-3-5-19(16)37-20-7-6-17(25(26,27)28)13-18(20)31(35)36/h2-7,12-13,15H,8-11,14H2,1H3/b21-12+. The van der Waals surface area contributed by atoms with E-state index in [-0.39, 0.29) is 28.7 Å². The number of likely N-dealkylation sites (tertiary alicyclic amines) is 1. The van der Waals surface area contributed by atoms with Crippen molar-refractivity contribution in [1.82, 2.24) is 9.80 Å². The van der Waals surface area contributed by atoms with Gasteiger partial charge in [-0.25, -0.2) is 0 Å². The van der Waals surface area contributed by atoms with Crippen molar-refractivity contribution in [1.29, 1.82) is 0 Å². The highest BCUT2D eigenvalue weighted by atomic mass is 32.2. The number of hydrogen-bond donors (Lipinski definition) is 0. The van der Waals surface area contributed by atoms with Crippen LogP contribution in [0.4, 0.5) is 23.7 Å². The maximum Gasteiger partial charge on any atom is 0.416 e. The summed E-state index contributed by atoms with van der Waals surface area (Å²) in [4.78, 5) is 51.0. The van der Waals surface area contributed by atoms with Crippen LogP contribution in [0.5, 0.6) is 11.5 Å². The number of alkyl halides is 3. The van der Waals surface area contributed by atoms with Crippen LogP contribution in [0.15, 0.2) is 47.4 Å². The predicted molar refractivity (Wildman–Crippen MR) is 132 cm³/mol. The molecule has 2 aromatic rings. The number of benzene rings is 2. The van der Waals surface area contributed by atoms with E-state index < -0.39 is 39.2 Å². The topological polar surface area (TPSA) is 110 Å². The minimum absolute atomic E-state index is 0.00744. The molecule has 200 valence electrons. The van der Waals surface area contributed by atoms with Crippen molar-refractivity contribution in [2.75, 3.05) is 19.6 Å². The quantitative estimate of drug-likeness (QED) is 0.258. The number of imide groups is 1. The van der Waals surface area contributed by atoms with Crippen LogP contribution in [0.2, 0.25) is 0 Å². The van der Waals surface area contributed by atoms with Gasteiger partial charge in [-0.3, -0.25) is 29.4 Å². The Hall–Kier alpha value is -3.87. The molecule has 3 amide bonds. The van der Waals surface area contributed by atoms with Gasteiger partial charge >= 0.3 is 11.9 Å². The van der Waals surface area contributed by atoms with Gasteiger partial charge in [0, 0.05) is 24.7 Å². The molecule has 0 radical (unpaired) electrons. The van der Waals surface area contributed by atoms with Crippen LogP contribution >= 0.6 is 11.8 Å². The summed E-state index contributed by atoms with van der Waals surface area (Å²) in [5.74, 6) is -0.905. The molecule has 38 heavy (non-hydrogen) atoms. The molecule has 0 aliphatic carbocycles. The zero-order chi connectivity index (χ0) is 27.6. The Bertz CT molecular complexity index is 1320. The lowest BCUT2D eigenvalue weighted by atomic mass is 9.99. The fourth-order valence-corrected chi connectivity index (χ4v) is 4.83. The van der Waals surface area contributed by atoms with Crippen LogP contribution in [-0.2, 0) is 15.8 Å². The number of nitro benzene ring substituents is 1. The highest BCUT2D eigenvalue weighted by Crippen LogP contribution is 2.40. The van der Waals surface area contributed by atoms with Gasteiger partial charge in [0.1, 0.15) is 12.3 Å². The van der Waals surface area contributed by atoms with Crippen LogP contribution in [0.1, 0.15) is 30.9 Å². The third-order valence-corrected chi connectivity index (χ3v) is 7.12. The summed E-state index contributed by atoms with van der Waals surface area (Å²) in [6.07, 6.45) is -1.75. The normalized spacial score (nSPS) is 17.8. The fourth-order valence-electron chi connectivity index (χ4n) is 4.00. The number of para-hydroxylation sites is 1. The monoisotopic (exact) mass is 549 g/mol. The Balaban J connectivity index is 1.55. The van der Waals surface area contributed by atoms with Crippen LogP contribution in [-0.4, -0.2) is 51.4 Å². The smallest absolute Gasteiger partial charge is 0.416 e. The first-order chi connectivity index (χ1) is 17.9. The van der Waals surface area contributed by atoms with E-state index in [0.717, 1.165) is 23.8 Å². The Morgan fingerprint density at radius 3 is 2.50 bits per heavy atom. The highest BCUT2D eigenvalue weighted by molar-refractivity contribution is 8.18. The average molecular weight is 550 g/mol. The summed E-state index contributed by atoms with van der Waals surface area (Å²) in [7, 11) is 0. The maximum atomic E-state index is 13.0. The number of carbonyl (C=O) groups is 3. The van der Waals surface area contributed by atoms with Crippen LogP contribution in [0.3, 0.4) is 0 Å². The number of nitro groups is 1. The average Bonchev–Trinajstić information content (AvgIpc) is 3.12. The molecule has 9 nitrogen and oxygen atoms in total. The lowest BCUT2D eigenvalue weighted by Gasteiger charge is -2.31. The molecule has 0 spiro atoms. The Kier molecular flexibility index (Phi) is 7.76. The van der Waals surface area contributed by atoms with Gasteiger partial charge in [0.05, 0.1) is 15.4 Å². The second-order valence-corrected chi connectivity index (χ2v) is 9.90. The minimum Gasteiger partial charge on any atom is -0.449 e. The summed E-state index contributed by atoms with van der Waals surface area (Å²) in [6.45, 7) is 2.84. The van der Waals surface area contributed by atoms with Crippen molar-refractivity contribution >= 4 is 40.6 Å². The number of thioether (sulfide) groups is 1. The van der Waals surface area contributed by atoms with Gasteiger partial charge in [0.25, 0.3) is 11.1 Å². The second-order valence-electron chi connectivity index (χ2n) is 8.91. The van der Waals surface area contributed by atoms with Gasteiger partial charge < -0.3 is 9.64 Å². The number of nitrogens with zero attached hydrogens (tertiary/aromatic N) is 3. The summed E-state index contributed by atoms with van der Waals surface area (Å²) in [6, 6.07) is 7.94. The summed E-state index contributed by atoms with van der Waals surface area (Å²) in [5, 5.41) is 10.8. The van der Waals surface area contributed by atoms with Crippen LogP contribution in [0, 0.1) is 16.0 Å². The minimum atomic E-state index is -4.78. The lowest BCUT2D eigenvalue weighted by Crippen LogP contribution is -2.45. The van der Waals surface area contributed by atoms with E-state index in [2.05, 4.69) is 6.92 Å². The zero-order valence-corrected chi connectivity index (χ0v) is 20.9. The third kappa shape index (κ3) is 5.98. The van der Waals surface area contributed by atoms with Crippen molar-refractivity contribution in [3.8, 4) is 11.5 Å². The Labute approximate surface area is 219 Å². The van der Waals surface area contributed by atoms with Gasteiger partial charge in [0.15, 0.2) is 0 Å². The number of piperidine rings is 1. The molecule has 0 unspecified atom stereocenters. The van der Waals surface area contributed by atoms with Crippen molar-refractivity contribution in [3.63, 3.8) is 0 Å². The number of ether oxygens (including phenoxy) is 1.